The van der Waals surface area contributed by atoms with Gasteiger partial charge in [-0.3, -0.25) is 4.90 Å². The first-order valence-corrected chi connectivity index (χ1v) is 7.57. The SMILES string of the molecule is CCC(CC)N(CC(C)C)C(C)CNC1CC1. The van der Waals surface area contributed by atoms with E-state index in [1.807, 2.05) is 0 Å². The van der Waals surface area contributed by atoms with Crippen LogP contribution in [0.25, 0.3) is 0 Å². The van der Waals surface area contributed by atoms with Crippen LogP contribution < -0.4 is 5.32 Å². The minimum absolute atomic E-state index is 0.669. The molecule has 2 nitrogen and oxygen atoms in total. The van der Waals surface area contributed by atoms with Gasteiger partial charge in [0.25, 0.3) is 0 Å². The van der Waals surface area contributed by atoms with E-state index in [0.29, 0.717) is 6.04 Å². The van der Waals surface area contributed by atoms with E-state index in [2.05, 4.69) is 44.8 Å². The zero-order chi connectivity index (χ0) is 12.8. The van der Waals surface area contributed by atoms with Gasteiger partial charge in [0.15, 0.2) is 0 Å². The first-order valence-electron chi connectivity index (χ1n) is 7.57. The molecule has 0 saturated heterocycles. The second kappa shape index (κ2) is 7.38. The second-order valence-electron chi connectivity index (χ2n) is 6.09. The highest BCUT2D eigenvalue weighted by molar-refractivity contribution is 4.84. The van der Waals surface area contributed by atoms with Crippen molar-refractivity contribution >= 4 is 0 Å². The average Bonchev–Trinajstić information content (AvgIpc) is 3.09. The second-order valence-corrected chi connectivity index (χ2v) is 6.09. The van der Waals surface area contributed by atoms with Crippen molar-refractivity contribution in [3.63, 3.8) is 0 Å². The third-order valence-electron chi connectivity index (χ3n) is 3.83. The van der Waals surface area contributed by atoms with E-state index in [9.17, 15) is 0 Å². The minimum atomic E-state index is 0.669. The van der Waals surface area contributed by atoms with Crippen LogP contribution in [0.4, 0.5) is 0 Å². The minimum Gasteiger partial charge on any atom is -0.312 e. The Balaban J connectivity index is 2.45. The van der Waals surface area contributed by atoms with Crippen molar-refractivity contribution < 1.29 is 0 Å². The van der Waals surface area contributed by atoms with Crippen LogP contribution in [0.1, 0.15) is 60.3 Å². The predicted octanol–water partition coefficient (Wildman–Crippen LogP) is 3.27. The molecule has 0 heterocycles. The van der Waals surface area contributed by atoms with Gasteiger partial charge in [-0.1, -0.05) is 27.7 Å². The normalized spacial score (nSPS) is 18.4. The van der Waals surface area contributed by atoms with Crippen molar-refractivity contribution in [1.29, 1.82) is 0 Å². The van der Waals surface area contributed by atoms with E-state index in [4.69, 9.17) is 0 Å². The van der Waals surface area contributed by atoms with E-state index >= 15 is 0 Å². The fourth-order valence-electron chi connectivity index (χ4n) is 2.61. The summed E-state index contributed by atoms with van der Waals surface area (Å²) in [5.41, 5.74) is 0. The molecule has 1 unspecified atom stereocenters. The van der Waals surface area contributed by atoms with Gasteiger partial charge in [0.1, 0.15) is 0 Å². The van der Waals surface area contributed by atoms with Crippen LogP contribution in [0.5, 0.6) is 0 Å². The molecule has 1 aliphatic carbocycles. The molecule has 1 N–H and O–H groups in total. The van der Waals surface area contributed by atoms with Crippen molar-refractivity contribution in [1.82, 2.24) is 10.2 Å². The fourth-order valence-corrected chi connectivity index (χ4v) is 2.61. The summed E-state index contributed by atoms with van der Waals surface area (Å²) in [5.74, 6) is 0.763. The smallest absolute Gasteiger partial charge is 0.0195 e. The van der Waals surface area contributed by atoms with E-state index < -0.39 is 0 Å². The van der Waals surface area contributed by atoms with E-state index in [1.165, 1.54) is 32.2 Å². The highest BCUT2D eigenvalue weighted by atomic mass is 15.2. The van der Waals surface area contributed by atoms with Crippen LogP contribution in [0, 0.1) is 5.92 Å². The van der Waals surface area contributed by atoms with Crippen LogP contribution in [-0.4, -0.2) is 36.1 Å². The highest BCUT2D eigenvalue weighted by Gasteiger charge is 2.25. The molecule has 0 aromatic carbocycles. The van der Waals surface area contributed by atoms with Gasteiger partial charge >= 0.3 is 0 Å². The molecular weight excluding hydrogens is 208 g/mol. The Morgan fingerprint density at radius 2 is 1.71 bits per heavy atom. The van der Waals surface area contributed by atoms with Gasteiger partial charge in [-0.25, -0.2) is 0 Å². The van der Waals surface area contributed by atoms with Crippen molar-refractivity contribution in [2.45, 2.75) is 78.4 Å². The zero-order valence-electron chi connectivity index (χ0n) is 12.5. The van der Waals surface area contributed by atoms with Gasteiger partial charge < -0.3 is 5.32 Å². The molecule has 0 amide bonds. The van der Waals surface area contributed by atoms with Gasteiger partial charge in [-0.05, 0) is 38.5 Å². The van der Waals surface area contributed by atoms with Crippen LogP contribution in [0.3, 0.4) is 0 Å². The Labute approximate surface area is 108 Å². The van der Waals surface area contributed by atoms with Gasteiger partial charge in [-0.2, -0.15) is 0 Å². The average molecular weight is 240 g/mol. The van der Waals surface area contributed by atoms with Gasteiger partial charge in [0.2, 0.25) is 0 Å². The molecule has 0 spiro atoms. The fraction of sp³-hybridized carbons (Fsp3) is 1.00. The molecule has 1 saturated carbocycles. The molecule has 17 heavy (non-hydrogen) atoms. The molecular formula is C15H32N2. The molecule has 0 aromatic rings. The summed E-state index contributed by atoms with van der Waals surface area (Å²) < 4.78 is 0. The summed E-state index contributed by atoms with van der Waals surface area (Å²) in [4.78, 5) is 2.72. The lowest BCUT2D eigenvalue weighted by Crippen LogP contribution is -2.48. The lowest BCUT2D eigenvalue weighted by atomic mass is 10.0. The zero-order valence-corrected chi connectivity index (χ0v) is 12.5. The predicted molar refractivity (Wildman–Crippen MR) is 76.4 cm³/mol. The summed E-state index contributed by atoms with van der Waals surface area (Å²) in [5, 5.41) is 3.67. The molecule has 102 valence electrons. The Hall–Kier alpha value is -0.0800. The monoisotopic (exact) mass is 240 g/mol. The molecule has 1 aliphatic rings. The van der Waals surface area contributed by atoms with Crippen molar-refractivity contribution in [3.05, 3.63) is 0 Å². The summed E-state index contributed by atoms with van der Waals surface area (Å²) >= 11 is 0. The van der Waals surface area contributed by atoms with E-state index in [1.54, 1.807) is 0 Å². The first kappa shape index (κ1) is 15.0. The number of nitrogens with one attached hydrogen (secondary N) is 1. The third kappa shape index (κ3) is 5.39. The van der Waals surface area contributed by atoms with E-state index in [-0.39, 0.29) is 0 Å². The van der Waals surface area contributed by atoms with Crippen molar-refractivity contribution in [3.8, 4) is 0 Å². The highest BCUT2D eigenvalue weighted by Crippen LogP contribution is 2.20. The molecule has 0 aliphatic heterocycles. The summed E-state index contributed by atoms with van der Waals surface area (Å²) in [6.45, 7) is 14.1. The molecule has 1 atom stereocenters. The van der Waals surface area contributed by atoms with Gasteiger partial charge in [-0.15, -0.1) is 0 Å². The Morgan fingerprint density at radius 3 is 2.12 bits per heavy atom. The van der Waals surface area contributed by atoms with Crippen LogP contribution >= 0.6 is 0 Å². The maximum Gasteiger partial charge on any atom is 0.0195 e. The summed E-state index contributed by atoms with van der Waals surface area (Å²) in [6, 6.07) is 2.26. The van der Waals surface area contributed by atoms with Crippen LogP contribution in [0.15, 0.2) is 0 Å². The quantitative estimate of drug-likeness (QED) is 0.665. The summed E-state index contributed by atoms with van der Waals surface area (Å²) in [6.07, 6.45) is 5.33. The number of hydrogen-bond donors (Lipinski definition) is 1. The third-order valence-corrected chi connectivity index (χ3v) is 3.83. The van der Waals surface area contributed by atoms with Gasteiger partial charge in [0.05, 0.1) is 0 Å². The Bertz CT molecular complexity index is 195. The standard InChI is InChI=1S/C15H32N2/c1-6-15(7-2)17(11-12(3)4)13(5)10-16-14-8-9-14/h12-16H,6-11H2,1-5H3. The van der Waals surface area contributed by atoms with Crippen molar-refractivity contribution in [2.75, 3.05) is 13.1 Å². The Kier molecular flexibility index (Phi) is 6.50. The van der Waals surface area contributed by atoms with Crippen LogP contribution in [-0.2, 0) is 0 Å². The van der Waals surface area contributed by atoms with Crippen LogP contribution in [0.2, 0.25) is 0 Å². The molecule has 0 bridgehead atoms. The largest absolute Gasteiger partial charge is 0.312 e. The Morgan fingerprint density at radius 1 is 1.12 bits per heavy atom. The lowest BCUT2D eigenvalue weighted by Gasteiger charge is -2.37. The maximum absolute atomic E-state index is 3.67. The lowest BCUT2D eigenvalue weighted by molar-refractivity contribution is 0.116. The molecule has 0 aromatic heterocycles. The number of nitrogens with zero attached hydrogens (tertiary/aromatic N) is 1. The molecule has 2 heteroatoms. The first-order chi connectivity index (χ1) is 8.08. The molecule has 0 radical (unpaired) electrons. The number of hydrogen-bond acceptors (Lipinski definition) is 2. The molecule has 1 rings (SSSR count). The van der Waals surface area contributed by atoms with E-state index in [0.717, 1.165) is 24.5 Å². The maximum atomic E-state index is 3.67. The molecule has 1 fully saturated rings. The summed E-state index contributed by atoms with van der Waals surface area (Å²) in [7, 11) is 0. The van der Waals surface area contributed by atoms with Gasteiger partial charge in [0, 0.05) is 31.2 Å². The number of rotatable bonds is 9. The topological polar surface area (TPSA) is 15.3 Å². The van der Waals surface area contributed by atoms with Crippen molar-refractivity contribution in [2.24, 2.45) is 5.92 Å².